The third kappa shape index (κ3) is 3.89. The lowest BCUT2D eigenvalue weighted by Crippen LogP contribution is -2.48. The first-order valence-electron chi connectivity index (χ1n) is 9.49. The first-order valence-corrected chi connectivity index (χ1v) is 9.49. The van der Waals surface area contributed by atoms with E-state index in [1.54, 1.807) is 17.2 Å². The molecule has 0 radical (unpaired) electrons. The summed E-state index contributed by atoms with van der Waals surface area (Å²) >= 11 is 0. The van der Waals surface area contributed by atoms with Crippen molar-refractivity contribution in [2.45, 2.75) is 32.0 Å². The maximum atomic E-state index is 15.1. The molecule has 0 aliphatic carbocycles. The molecule has 1 aromatic carbocycles. The molecule has 3 heterocycles. The van der Waals surface area contributed by atoms with E-state index in [-0.39, 0.29) is 18.2 Å². The molecule has 0 atom stereocenters. The molecule has 1 saturated heterocycles. The Morgan fingerprint density at radius 3 is 2.79 bits per heavy atom. The minimum Gasteiger partial charge on any atom is -0.350 e. The number of aromatic nitrogens is 2. The Bertz CT molecular complexity index is 962. The lowest BCUT2D eigenvalue weighted by Gasteiger charge is -2.36. The van der Waals surface area contributed by atoms with Gasteiger partial charge < -0.3 is 14.7 Å². The Balaban J connectivity index is 1.32. The number of amides is 1. The molecule has 7 heteroatoms. The van der Waals surface area contributed by atoms with E-state index < -0.39 is 5.67 Å². The smallest absolute Gasteiger partial charge is 0.293 e. The van der Waals surface area contributed by atoms with Crippen molar-refractivity contribution in [2.24, 2.45) is 0 Å². The minimum absolute atomic E-state index is 0.227. The highest BCUT2D eigenvalue weighted by Gasteiger charge is 2.37. The van der Waals surface area contributed by atoms with Crippen molar-refractivity contribution in [2.75, 3.05) is 19.6 Å². The topological polar surface area (TPSA) is 71.3 Å². The number of halogens is 1. The number of likely N-dealkylation sites (tertiary alicyclic amines) is 1. The van der Waals surface area contributed by atoms with Gasteiger partial charge in [0.15, 0.2) is 0 Å². The predicted molar refractivity (Wildman–Crippen MR) is 104 cm³/mol. The normalized spacial score (nSPS) is 16.4. The summed E-state index contributed by atoms with van der Waals surface area (Å²) < 4.78 is 20.4. The first-order chi connectivity index (χ1) is 13.5. The highest BCUT2D eigenvalue weighted by Crippen LogP contribution is 2.28. The van der Waals surface area contributed by atoms with E-state index >= 15 is 4.39 Å². The lowest BCUT2D eigenvalue weighted by atomic mass is 9.93. The van der Waals surface area contributed by atoms with Crippen LogP contribution in [-0.4, -0.2) is 46.3 Å². The summed E-state index contributed by atoms with van der Waals surface area (Å²) in [6.45, 7) is 3.47. The lowest BCUT2D eigenvalue weighted by molar-refractivity contribution is 0.0407. The van der Waals surface area contributed by atoms with Gasteiger partial charge in [-0.2, -0.15) is 0 Å². The molecular formula is C21H23FN4O2. The van der Waals surface area contributed by atoms with Gasteiger partial charge in [0.25, 0.3) is 5.91 Å². The standard InChI is InChI=1S/C21H23FN4O2/c1-15-6-7-16(24-12-15)13-23-14-21(22)8-10-26(11-9-21)20(27)19-17-4-2-3-5-18(17)25-28-19/h2-7,12,23H,8-11,13-14H2,1H3. The molecule has 3 aromatic rings. The third-order valence-electron chi connectivity index (χ3n) is 5.25. The number of carbonyl (C=O) groups excluding carboxylic acids is 1. The maximum Gasteiger partial charge on any atom is 0.293 e. The molecular weight excluding hydrogens is 359 g/mol. The molecule has 6 nitrogen and oxygen atoms in total. The Morgan fingerprint density at radius 2 is 2.04 bits per heavy atom. The van der Waals surface area contributed by atoms with Crippen molar-refractivity contribution in [1.82, 2.24) is 20.4 Å². The van der Waals surface area contributed by atoms with E-state index in [9.17, 15) is 4.79 Å². The molecule has 0 saturated carbocycles. The van der Waals surface area contributed by atoms with Gasteiger partial charge >= 0.3 is 0 Å². The summed E-state index contributed by atoms with van der Waals surface area (Å²) in [5.74, 6) is -0.00177. The van der Waals surface area contributed by atoms with Crippen LogP contribution in [0.1, 0.15) is 34.7 Å². The van der Waals surface area contributed by atoms with E-state index in [1.807, 2.05) is 37.3 Å². The molecule has 1 amide bonds. The van der Waals surface area contributed by atoms with Crippen LogP contribution in [-0.2, 0) is 6.54 Å². The van der Waals surface area contributed by atoms with Gasteiger partial charge in [-0.3, -0.25) is 9.78 Å². The SMILES string of the molecule is Cc1ccc(CNCC2(F)CCN(C(=O)c3onc4ccccc34)CC2)nc1. The monoisotopic (exact) mass is 382 g/mol. The first kappa shape index (κ1) is 18.6. The number of pyridine rings is 1. The zero-order valence-corrected chi connectivity index (χ0v) is 15.8. The second-order valence-corrected chi connectivity index (χ2v) is 7.40. The third-order valence-corrected chi connectivity index (χ3v) is 5.25. The van der Waals surface area contributed by atoms with Crippen LogP contribution in [0.2, 0.25) is 0 Å². The number of fused-ring (bicyclic) bond motifs is 1. The number of hydrogen-bond donors (Lipinski definition) is 1. The van der Waals surface area contributed by atoms with Gasteiger partial charge in [0.2, 0.25) is 5.76 Å². The summed E-state index contributed by atoms with van der Waals surface area (Å²) in [5, 5.41) is 7.77. The molecule has 146 valence electrons. The van der Waals surface area contributed by atoms with Gasteiger partial charge in [-0.05, 0) is 30.7 Å². The van der Waals surface area contributed by atoms with E-state index in [0.717, 1.165) is 11.3 Å². The molecule has 2 aromatic heterocycles. The van der Waals surface area contributed by atoms with Crippen molar-refractivity contribution < 1.29 is 13.7 Å². The number of nitrogens with zero attached hydrogens (tertiary/aromatic N) is 3. The Kier molecular flexibility index (Phi) is 5.09. The van der Waals surface area contributed by atoms with E-state index in [0.29, 0.717) is 43.4 Å². The van der Waals surface area contributed by atoms with Gasteiger partial charge in [0.1, 0.15) is 11.2 Å². The second kappa shape index (κ2) is 7.67. The predicted octanol–water partition coefficient (Wildman–Crippen LogP) is 3.27. The number of aryl methyl sites for hydroxylation is 1. The Morgan fingerprint density at radius 1 is 1.25 bits per heavy atom. The van der Waals surface area contributed by atoms with Crippen molar-refractivity contribution >= 4 is 16.8 Å². The second-order valence-electron chi connectivity index (χ2n) is 7.40. The van der Waals surface area contributed by atoms with Gasteiger partial charge in [-0.15, -0.1) is 0 Å². The minimum atomic E-state index is -1.33. The quantitative estimate of drug-likeness (QED) is 0.733. The highest BCUT2D eigenvalue weighted by molar-refractivity contribution is 6.03. The molecule has 0 unspecified atom stereocenters. The fraction of sp³-hybridized carbons (Fsp3) is 0.381. The summed E-state index contributed by atoms with van der Waals surface area (Å²) in [6.07, 6.45) is 2.39. The molecule has 1 aliphatic rings. The van der Waals surface area contributed by atoms with Crippen LogP contribution in [0.4, 0.5) is 4.39 Å². The zero-order valence-electron chi connectivity index (χ0n) is 15.8. The summed E-state index contributed by atoms with van der Waals surface area (Å²) in [5.41, 5.74) is 1.31. The number of hydrogen-bond acceptors (Lipinski definition) is 5. The Hall–Kier alpha value is -2.80. The fourth-order valence-corrected chi connectivity index (χ4v) is 3.49. The number of alkyl halides is 1. The summed E-state index contributed by atoms with van der Waals surface area (Å²) in [6, 6.07) is 11.2. The van der Waals surface area contributed by atoms with Gasteiger partial charge in [0, 0.05) is 45.2 Å². The molecule has 1 fully saturated rings. The van der Waals surface area contributed by atoms with E-state index in [1.165, 1.54) is 0 Å². The molecule has 1 N–H and O–H groups in total. The van der Waals surface area contributed by atoms with E-state index in [2.05, 4.69) is 15.5 Å². The van der Waals surface area contributed by atoms with Crippen LogP contribution in [0.5, 0.6) is 0 Å². The maximum absolute atomic E-state index is 15.1. The van der Waals surface area contributed by atoms with E-state index in [4.69, 9.17) is 4.52 Å². The fourth-order valence-electron chi connectivity index (χ4n) is 3.49. The number of carbonyl (C=O) groups is 1. The molecule has 28 heavy (non-hydrogen) atoms. The molecule has 0 spiro atoms. The number of benzene rings is 1. The average molecular weight is 382 g/mol. The van der Waals surface area contributed by atoms with Crippen molar-refractivity contribution in [3.8, 4) is 0 Å². The number of nitrogens with one attached hydrogen (secondary N) is 1. The van der Waals surface area contributed by atoms with Crippen LogP contribution in [0.15, 0.2) is 47.1 Å². The summed E-state index contributed by atoms with van der Waals surface area (Å²) in [4.78, 5) is 18.7. The van der Waals surface area contributed by atoms with Crippen LogP contribution in [0.3, 0.4) is 0 Å². The Labute approximate surface area is 162 Å². The molecule has 1 aliphatic heterocycles. The largest absolute Gasteiger partial charge is 0.350 e. The van der Waals surface area contributed by atoms with Crippen molar-refractivity contribution in [3.63, 3.8) is 0 Å². The molecule has 4 rings (SSSR count). The van der Waals surface area contributed by atoms with Gasteiger partial charge in [-0.1, -0.05) is 23.4 Å². The van der Waals surface area contributed by atoms with Crippen LogP contribution in [0.25, 0.3) is 10.9 Å². The highest BCUT2D eigenvalue weighted by atomic mass is 19.1. The van der Waals surface area contributed by atoms with Crippen molar-refractivity contribution in [3.05, 3.63) is 59.6 Å². The van der Waals surface area contributed by atoms with Gasteiger partial charge in [0.05, 0.1) is 11.1 Å². The van der Waals surface area contributed by atoms with Crippen LogP contribution >= 0.6 is 0 Å². The van der Waals surface area contributed by atoms with Crippen LogP contribution < -0.4 is 5.32 Å². The summed E-state index contributed by atoms with van der Waals surface area (Å²) in [7, 11) is 0. The molecule has 0 bridgehead atoms. The zero-order chi connectivity index (χ0) is 19.6. The van der Waals surface area contributed by atoms with Crippen molar-refractivity contribution in [1.29, 1.82) is 0 Å². The number of piperidine rings is 1. The average Bonchev–Trinajstić information content (AvgIpc) is 3.14. The number of rotatable bonds is 5. The van der Waals surface area contributed by atoms with Gasteiger partial charge in [-0.25, -0.2) is 4.39 Å². The van der Waals surface area contributed by atoms with Crippen LogP contribution in [0, 0.1) is 6.92 Å².